The summed E-state index contributed by atoms with van der Waals surface area (Å²) in [7, 11) is 0. The van der Waals surface area contributed by atoms with Crippen molar-refractivity contribution in [2.45, 2.75) is 37.3 Å². The molecule has 0 aromatic heterocycles. The molecule has 0 radical (unpaired) electrons. The van der Waals surface area contributed by atoms with Gasteiger partial charge in [0.2, 0.25) is 0 Å². The largest absolute Gasteiger partial charge is 0.481 e. The first kappa shape index (κ1) is 15.4. The fourth-order valence-electron chi connectivity index (χ4n) is 4.29. The number of benzene rings is 1. The minimum absolute atomic E-state index is 0.0311. The van der Waals surface area contributed by atoms with Crippen molar-refractivity contribution >= 4 is 17.6 Å². The Balaban J connectivity index is 1.40. The Morgan fingerprint density at radius 1 is 1.25 bits per heavy atom. The Morgan fingerprint density at radius 2 is 2.00 bits per heavy atom. The highest BCUT2D eigenvalue weighted by Crippen LogP contribution is 2.58. The third-order valence-corrected chi connectivity index (χ3v) is 5.57. The molecule has 1 amide bonds. The number of aliphatic carboxylic acids is 1. The summed E-state index contributed by atoms with van der Waals surface area (Å²) in [6.45, 7) is 1.52. The lowest BCUT2D eigenvalue weighted by atomic mass is 9.62. The molecule has 1 saturated carbocycles. The lowest BCUT2D eigenvalue weighted by Gasteiger charge is -2.44. The second-order valence-electron chi connectivity index (χ2n) is 7.32. The van der Waals surface area contributed by atoms with Crippen LogP contribution < -0.4 is 5.32 Å². The molecule has 5 rings (SSSR count). The molecule has 4 fully saturated rings. The summed E-state index contributed by atoms with van der Waals surface area (Å²) in [6.07, 6.45) is 2.60. The zero-order valence-electron chi connectivity index (χ0n) is 13.5. The maximum absolute atomic E-state index is 12.9. The van der Waals surface area contributed by atoms with Crippen LogP contribution in [0.2, 0.25) is 0 Å². The van der Waals surface area contributed by atoms with Gasteiger partial charge in [-0.25, -0.2) is 0 Å². The van der Waals surface area contributed by atoms with Crippen LogP contribution in [0.4, 0.5) is 5.69 Å². The Bertz CT molecular complexity index is 654. The zero-order valence-corrected chi connectivity index (χ0v) is 13.5. The van der Waals surface area contributed by atoms with Crippen LogP contribution in [0.3, 0.4) is 0 Å². The highest BCUT2D eigenvalue weighted by atomic mass is 16.5. The molecule has 2 N–H and O–H groups in total. The number of hydrogen-bond acceptors (Lipinski definition) is 4. The monoisotopic (exact) mass is 330 g/mol. The van der Waals surface area contributed by atoms with Gasteiger partial charge in [0.05, 0.1) is 12.0 Å². The lowest BCUT2D eigenvalue weighted by molar-refractivity contribution is -0.165. The van der Waals surface area contributed by atoms with E-state index in [1.54, 1.807) is 0 Å². The van der Waals surface area contributed by atoms with Crippen molar-refractivity contribution in [2.24, 2.45) is 5.41 Å². The topological polar surface area (TPSA) is 78.9 Å². The number of nitrogens with zero attached hydrogens (tertiary/aromatic N) is 1. The van der Waals surface area contributed by atoms with Crippen molar-refractivity contribution in [3.8, 4) is 0 Å². The number of likely N-dealkylation sites (tertiary alicyclic amines) is 1. The van der Waals surface area contributed by atoms with Gasteiger partial charge in [-0.2, -0.15) is 0 Å². The van der Waals surface area contributed by atoms with Gasteiger partial charge >= 0.3 is 5.97 Å². The highest BCUT2D eigenvalue weighted by molar-refractivity contribution is 5.92. The average Bonchev–Trinajstić information content (AvgIpc) is 3.13. The summed E-state index contributed by atoms with van der Waals surface area (Å²) in [5.74, 6) is -0.873. The SMILES string of the molecule is O=C(O)C12COC(C(=O)N3CCCC(Nc4ccccc4)C3)(C1)C2. The number of amides is 1. The van der Waals surface area contributed by atoms with Gasteiger partial charge in [0.1, 0.15) is 5.60 Å². The molecule has 1 aromatic carbocycles. The van der Waals surface area contributed by atoms with Crippen LogP contribution in [-0.2, 0) is 14.3 Å². The van der Waals surface area contributed by atoms with Gasteiger partial charge < -0.3 is 20.1 Å². The lowest BCUT2D eigenvalue weighted by Crippen LogP contribution is -2.60. The van der Waals surface area contributed by atoms with E-state index in [1.165, 1.54) is 0 Å². The van der Waals surface area contributed by atoms with Crippen LogP contribution in [0.1, 0.15) is 25.7 Å². The zero-order chi connectivity index (χ0) is 16.8. The number of fused-ring (bicyclic) bond motifs is 1. The molecule has 4 aliphatic rings. The number of anilines is 1. The van der Waals surface area contributed by atoms with Crippen LogP contribution in [-0.4, -0.2) is 53.2 Å². The smallest absolute Gasteiger partial charge is 0.312 e. The van der Waals surface area contributed by atoms with Gasteiger partial charge in [-0.15, -0.1) is 0 Å². The third-order valence-electron chi connectivity index (χ3n) is 5.57. The van der Waals surface area contributed by atoms with Gasteiger partial charge in [-0.1, -0.05) is 18.2 Å². The molecule has 3 aliphatic heterocycles. The first-order valence-corrected chi connectivity index (χ1v) is 8.51. The Morgan fingerprint density at radius 3 is 2.67 bits per heavy atom. The summed E-state index contributed by atoms with van der Waals surface area (Å²) in [5, 5.41) is 12.8. The molecule has 3 heterocycles. The van der Waals surface area contributed by atoms with Crippen molar-refractivity contribution in [1.29, 1.82) is 0 Å². The number of carboxylic acid groups (broad SMARTS) is 1. The van der Waals surface area contributed by atoms with E-state index in [0.717, 1.165) is 25.1 Å². The molecule has 1 unspecified atom stereocenters. The normalized spacial score (nSPS) is 34.5. The number of carbonyl (C=O) groups is 2. The summed E-state index contributed by atoms with van der Waals surface area (Å²) in [5.41, 5.74) is -0.652. The van der Waals surface area contributed by atoms with Crippen molar-refractivity contribution in [2.75, 3.05) is 25.0 Å². The fraction of sp³-hybridized carbons (Fsp3) is 0.556. The van der Waals surface area contributed by atoms with Crippen molar-refractivity contribution < 1.29 is 19.4 Å². The average molecular weight is 330 g/mol. The van der Waals surface area contributed by atoms with Gasteiger partial charge in [-0.05, 0) is 25.0 Å². The molecule has 128 valence electrons. The molecule has 3 saturated heterocycles. The van der Waals surface area contributed by atoms with E-state index in [1.807, 2.05) is 35.2 Å². The molecule has 0 spiro atoms. The minimum Gasteiger partial charge on any atom is -0.481 e. The number of ether oxygens (including phenoxy) is 1. The molecule has 2 bridgehead atoms. The first-order valence-electron chi connectivity index (χ1n) is 8.51. The molecule has 1 aromatic rings. The second kappa shape index (κ2) is 5.48. The van der Waals surface area contributed by atoms with Gasteiger partial charge in [-0.3, -0.25) is 9.59 Å². The van der Waals surface area contributed by atoms with Crippen molar-refractivity contribution in [3.05, 3.63) is 30.3 Å². The molecule has 6 nitrogen and oxygen atoms in total. The summed E-state index contributed by atoms with van der Waals surface area (Å²) >= 11 is 0. The second-order valence-corrected chi connectivity index (χ2v) is 7.32. The van der Waals surface area contributed by atoms with E-state index in [-0.39, 0.29) is 18.6 Å². The first-order chi connectivity index (χ1) is 11.5. The number of piperidine rings is 1. The van der Waals surface area contributed by atoms with Gasteiger partial charge in [0, 0.05) is 37.7 Å². The maximum Gasteiger partial charge on any atom is 0.312 e. The molecule has 1 aliphatic carbocycles. The number of nitrogens with one attached hydrogen (secondary N) is 1. The van der Waals surface area contributed by atoms with E-state index < -0.39 is 17.0 Å². The predicted octanol–water partition coefficient (Wildman–Crippen LogP) is 1.72. The molecular weight excluding hydrogens is 308 g/mol. The Hall–Kier alpha value is -2.08. The maximum atomic E-state index is 12.9. The molecule has 24 heavy (non-hydrogen) atoms. The standard InChI is InChI=1S/C18H22N2O4/c21-15(18-10-17(11-18,12-24-18)16(22)23)20-8-4-7-14(9-20)19-13-5-2-1-3-6-13/h1-3,5-6,14,19H,4,7-12H2,(H,22,23). The van der Waals surface area contributed by atoms with Crippen molar-refractivity contribution in [1.82, 2.24) is 4.90 Å². The van der Waals surface area contributed by atoms with E-state index in [0.29, 0.717) is 19.4 Å². The number of rotatable bonds is 4. The minimum atomic E-state index is -0.882. The molecule has 6 heteroatoms. The van der Waals surface area contributed by atoms with Gasteiger partial charge in [0.15, 0.2) is 0 Å². The number of carboxylic acids is 1. The quantitative estimate of drug-likeness (QED) is 0.879. The Kier molecular flexibility index (Phi) is 3.53. The van der Waals surface area contributed by atoms with E-state index >= 15 is 0 Å². The van der Waals surface area contributed by atoms with Crippen molar-refractivity contribution in [3.63, 3.8) is 0 Å². The van der Waals surface area contributed by atoms with Crippen LogP contribution in [0.15, 0.2) is 30.3 Å². The Labute approximate surface area is 140 Å². The summed E-state index contributed by atoms with van der Waals surface area (Å²) < 4.78 is 5.66. The third kappa shape index (κ3) is 2.36. The highest BCUT2D eigenvalue weighted by Gasteiger charge is 2.70. The summed E-state index contributed by atoms with van der Waals surface area (Å²) in [4.78, 5) is 26.1. The fourth-order valence-corrected chi connectivity index (χ4v) is 4.29. The summed E-state index contributed by atoms with van der Waals surface area (Å²) in [6, 6.07) is 10.2. The van der Waals surface area contributed by atoms with Crippen LogP contribution in [0.25, 0.3) is 0 Å². The van der Waals surface area contributed by atoms with Crippen LogP contribution >= 0.6 is 0 Å². The van der Waals surface area contributed by atoms with Crippen LogP contribution in [0.5, 0.6) is 0 Å². The number of carbonyl (C=O) groups excluding carboxylic acids is 1. The van der Waals surface area contributed by atoms with Gasteiger partial charge in [0.25, 0.3) is 5.91 Å². The molecule has 1 atom stereocenters. The van der Waals surface area contributed by atoms with E-state index in [4.69, 9.17) is 4.74 Å². The van der Waals surface area contributed by atoms with E-state index in [9.17, 15) is 14.7 Å². The van der Waals surface area contributed by atoms with Crippen LogP contribution in [0, 0.1) is 5.41 Å². The number of hydrogen-bond donors (Lipinski definition) is 2. The molecular formula is C18H22N2O4. The number of para-hydroxylation sites is 1. The van der Waals surface area contributed by atoms with E-state index in [2.05, 4.69) is 5.32 Å². The predicted molar refractivity (Wildman–Crippen MR) is 87.7 cm³/mol.